The van der Waals surface area contributed by atoms with Crippen LogP contribution in [0.15, 0.2) is 6.07 Å². The molecular formula is C18H29N5O2. The smallest absolute Gasteiger partial charge is 0.219 e. The van der Waals surface area contributed by atoms with Crippen LogP contribution < -0.4 is 4.90 Å². The summed E-state index contributed by atoms with van der Waals surface area (Å²) in [6.07, 6.45) is -0.00453. The molecule has 1 atom stereocenters. The van der Waals surface area contributed by atoms with Crippen molar-refractivity contribution >= 4 is 11.7 Å². The van der Waals surface area contributed by atoms with Crippen LogP contribution in [0.3, 0.4) is 0 Å². The lowest BCUT2D eigenvalue weighted by Crippen LogP contribution is -2.48. The second-order valence-electron chi connectivity index (χ2n) is 7.14. The first-order valence-electron chi connectivity index (χ1n) is 9.15. The van der Waals surface area contributed by atoms with Crippen LogP contribution in [0.4, 0.5) is 5.82 Å². The SMILES string of the molecule is CC(=O)N1CCN(c2cc([C@@H]3CN(C(C)C)CCO3)nc(C)n2)CC1. The van der Waals surface area contributed by atoms with Crippen molar-refractivity contribution in [2.75, 3.05) is 50.8 Å². The summed E-state index contributed by atoms with van der Waals surface area (Å²) >= 11 is 0. The Morgan fingerprint density at radius 3 is 2.56 bits per heavy atom. The van der Waals surface area contributed by atoms with Gasteiger partial charge in [-0.15, -0.1) is 0 Å². The Morgan fingerprint density at radius 2 is 1.92 bits per heavy atom. The molecule has 25 heavy (non-hydrogen) atoms. The number of nitrogens with zero attached hydrogens (tertiary/aromatic N) is 5. The van der Waals surface area contributed by atoms with Gasteiger partial charge in [0, 0.05) is 58.3 Å². The number of aromatic nitrogens is 2. The molecule has 0 N–H and O–H groups in total. The van der Waals surface area contributed by atoms with Gasteiger partial charge >= 0.3 is 0 Å². The molecule has 1 aromatic rings. The molecule has 0 spiro atoms. The lowest BCUT2D eigenvalue weighted by Gasteiger charge is -2.36. The topological polar surface area (TPSA) is 61.8 Å². The number of amides is 1. The predicted molar refractivity (Wildman–Crippen MR) is 96.6 cm³/mol. The molecule has 2 aliphatic heterocycles. The summed E-state index contributed by atoms with van der Waals surface area (Å²) < 4.78 is 5.99. The second kappa shape index (κ2) is 7.66. The number of hydrogen-bond donors (Lipinski definition) is 0. The van der Waals surface area contributed by atoms with Crippen LogP contribution in [0.2, 0.25) is 0 Å². The first kappa shape index (κ1) is 18.1. The number of aryl methyl sites for hydroxylation is 1. The standard InChI is InChI=1S/C18H29N5O2/c1-13(2)23-9-10-25-17(12-23)16-11-18(20-14(3)19-16)22-7-5-21(6-8-22)15(4)24/h11,13,17H,5-10,12H2,1-4H3/t17-/m0/s1. The molecule has 0 bridgehead atoms. The summed E-state index contributed by atoms with van der Waals surface area (Å²) in [6, 6.07) is 2.57. The minimum Gasteiger partial charge on any atom is -0.369 e. The third-order valence-electron chi connectivity index (χ3n) is 5.05. The summed E-state index contributed by atoms with van der Waals surface area (Å²) in [6.45, 7) is 13.7. The van der Waals surface area contributed by atoms with Gasteiger partial charge in [-0.3, -0.25) is 9.69 Å². The van der Waals surface area contributed by atoms with Crippen LogP contribution in [0.25, 0.3) is 0 Å². The molecule has 0 saturated carbocycles. The number of morpholine rings is 1. The van der Waals surface area contributed by atoms with Gasteiger partial charge in [0.25, 0.3) is 0 Å². The Balaban J connectivity index is 1.74. The molecule has 0 unspecified atom stereocenters. The van der Waals surface area contributed by atoms with E-state index in [9.17, 15) is 4.79 Å². The lowest BCUT2D eigenvalue weighted by molar-refractivity contribution is -0.129. The van der Waals surface area contributed by atoms with Crippen LogP contribution >= 0.6 is 0 Å². The van der Waals surface area contributed by atoms with Crippen LogP contribution in [0.1, 0.15) is 38.4 Å². The van der Waals surface area contributed by atoms with Gasteiger partial charge in [0.05, 0.1) is 12.3 Å². The summed E-state index contributed by atoms with van der Waals surface area (Å²) in [5.74, 6) is 1.85. The number of anilines is 1. The first-order valence-corrected chi connectivity index (χ1v) is 9.15. The van der Waals surface area contributed by atoms with Crippen molar-refractivity contribution in [1.82, 2.24) is 19.8 Å². The van der Waals surface area contributed by atoms with Crippen molar-refractivity contribution in [3.63, 3.8) is 0 Å². The Bertz CT molecular complexity index is 613. The van der Waals surface area contributed by atoms with Gasteiger partial charge in [0.1, 0.15) is 17.7 Å². The highest BCUT2D eigenvalue weighted by molar-refractivity contribution is 5.73. The fourth-order valence-corrected chi connectivity index (χ4v) is 3.47. The van der Waals surface area contributed by atoms with Crippen molar-refractivity contribution in [3.05, 3.63) is 17.6 Å². The van der Waals surface area contributed by atoms with E-state index in [1.807, 2.05) is 11.8 Å². The number of carbonyl (C=O) groups is 1. The largest absolute Gasteiger partial charge is 0.369 e. The van der Waals surface area contributed by atoms with Crippen molar-refractivity contribution in [1.29, 1.82) is 0 Å². The summed E-state index contributed by atoms with van der Waals surface area (Å²) in [4.78, 5) is 27.3. The zero-order valence-corrected chi connectivity index (χ0v) is 15.7. The van der Waals surface area contributed by atoms with Gasteiger partial charge in [-0.25, -0.2) is 9.97 Å². The quantitative estimate of drug-likeness (QED) is 0.820. The van der Waals surface area contributed by atoms with Crippen LogP contribution in [-0.4, -0.2) is 77.6 Å². The molecular weight excluding hydrogens is 318 g/mol. The van der Waals surface area contributed by atoms with E-state index in [-0.39, 0.29) is 12.0 Å². The summed E-state index contributed by atoms with van der Waals surface area (Å²) in [7, 11) is 0. The van der Waals surface area contributed by atoms with Crippen molar-refractivity contribution in [2.45, 2.75) is 39.8 Å². The van der Waals surface area contributed by atoms with Gasteiger partial charge in [0.2, 0.25) is 5.91 Å². The highest BCUT2D eigenvalue weighted by atomic mass is 16.5. The van der Waals surface area contributed by atoms with E-state index in [2.05, 4.69) is 39.7 Å². The molecule has 0 aromatic carbocycles. The molecule has 3 heterocycles. The van der Waals surface area contributed by atoms with Crippen LogP contribution in [-0.2, 0) is 9.53 Å². The first-order chi connectivity index (χ1) is 11.9. The van der Waals surface area contributed by atoms with E-state index in [1.165, 1.54) is 0 Å². The van der Waals surface area contributed by atoms with Crippen LogP contribution in [0, 0.1) is 6.92 Å². The van der Waals surface area contributed by atoms with E-state index in [4.69, 9.17) is 4.74 Å². The van der Waals surface area contributed by atoms with Gasteiger partial charge in [0.15, 0.2) is 0 Å². The molecule has 0 aliphatic carbocycles. The monoisotopic (exact) mass is 347 g/mol. The maximum Gasteiger partial charge on any atom is 0.219 e. The Kier molecular flexibility index (Phi) is 5.54. The molecule has 2 aliphatic rings. The maximum atomic E-state index is 11.5. The maximum absolute atomic E-state index is 11.5. The van der Waals surface area contributed by atoms with E-state index in [0.717, 1.165) is 63.2 Å². The molecule has 0 radical (unpaired) electrons. The normalized spacial score (nSPS) is 22.5. The van der Waals surface area contributed by atoms with Gasteiger partial charge in [-0.2, -0.15) is 0 Å². The fraction of sp³-hybridized carbons (Fsp3) is 0.722. The third kappa shape index (κ3) is 4.27. The average molecular weight is 347 g/mol. The summed E-state index contributed by atoms with van der Waals surface area (Å²) in [5.41, 5.74) is 0.960. The van der Waals surface area contributed by atoms with E-state index < -0.39 is 0 Å². The average Bonchev–Trinajstić information content (AvgIpc) is 2.61. The minimum absolute atomic E-state index is 0.00453. The predicted octanol–water partition coefficient (Wildman–Crippen LogP) is 1.24. The molecule has 2 fully saturated rings. The minimum atomic E-state index is -0.00453. The molecule has 1 amide bonds. The molecule has 138 valence electrons. The zero-order chi connectivity index (χ0) is 18.0. The number of hydrogen-bond acceptors (Lipinski definition) is 6. The third-order valence-corrected chi connectivity index (χ3v) is 5.05. The number of rotatable bonds is 3. The molecule has 3 rings (SSSR count). The van der Waals surface area contributed by atoms with Crippen molar-refractivity contribution in [3.8, 4) is 0 Å². The van der Waals surface area contributed by atoms with Crippen molar-refractivity contribution in [2.24, 2.45) is 0 Å². The van der Waals surface area contributed by atoms with Crippen LogP contribution in [0.5, 0.6) is 0 Å². The number of piperazine rings is 1. The Hall–Kier alpha value is -1.73. The van der Waals surface area contributed by atoms with E-state index in [0.29, 0.717) is 6.04 Å². The van der Waals surface area contributed by atoms with Gasteiger partial charge < -0.3 is 14.5 Å². The highest BCUT2D eigenvalue weighted by Crippen LogP contribution is 2.25. The molecule has 2 saturated heterocycles. The zero-order valence-electron chi connectivity index (χ0n) is 15.7. The fourth-order valence-electron chi connectivity index (χ4n) is 3.47. The molecule has 1 aromatic heterocycles. The Labute approximate surface area is 150 Å². The summed E-state index contributed by atoms with van der Waals surface area (Å²) in [5, 5.41) is 0. The Morgan fingerprint density at radius 1 is 1.20 bits per heavy atom. The van der Waals surface area contributed by atoms with E-state index >= 15 is 0 Å². The van der Waals surface area contributed by atoms with Gasteiger partial charge in [-0.05, 0) is 20.8 Å². The van der Waals surface area contributed by atoms with E-state index in [1.54, 1.807) is 6.92 Å². The highest BCUT2D eigenvalue weighted by Gasteiger charge is 2.26. The number of ether oxygens (including phenoxy) is 1. The van der Waals surface area contributed by atoms with Gasteiger partial charge in [-0.1, -0.05) is 0 Å². The lowest BCUT2D eigenvalue weighted by atomic mass is 10.1. The molecule has 7 heteroatoms. The van der Waals surface area contributed by atoms with Crippen molar-refractivity contribution < 1.29 is 9.53 Å². The second-order valence-corrected chi connectivity index (χ2v) is 7.14. The number of carbonyl (C=O) groups excluding carboxylic acids is 1. The molecule has 7 nitrogen and oxygen atoms in total.